The van der Waals surface area contributed by atoms with Crippen LogP contribution in [0.5, 0.6) is 0 Å². The first kappa shape index (κ1) is 15.6. The van der Waals surface area contributed by atoms with Crippen LogP contribution in [0.25, 0.3) is 10.8 Å². The maximum absolute atomic E-state index is 12.6. The van der Waals surface area contributed by atoms with Crippen molar-refractivity contribution in [3.8, 4) is 0 Å². The van der Waals surface area contributed by atoms with Crippen molar-refractivity contribution in [2.75, 3.05) is 5.32 Å². The molecule has 1 N–H and O–H groups in total. The molecule has 0 saturated heterocycles. The van der Waals surface area contributed by atoms with Crippen molar-refractivity contribution in [2.24, 2.45) is 0 Å². The smallest absolute Gasteiger partial charge is 0.256 e. The van der Waals surface area contributed by atoms with E-state index in [4.69, 9.17) is 0 Å². The molecule has 0 aromatic heterocycles. The number of carbonyl (C=O) groups excluding carboxylic acids is 1. The van der Waals surface area contributed by atoms with Gasteiger partial charge >= 0.3 is 0 Å². The summed E-state index contributed by atoms with van der Waals surface area (Å²) in [6.45, 7) is 4.26. The SMILES string of the molecule is CC(C)Sc1ccccc1C(=O)Nc1ccc2ccccc2c1. The fourth-order valence-electron chi connectivity index (χ4n) is 2.48. The maximum atomic E-state index is 12.6. The molecule has 3 rings (SSSR count). The minimum atomic E-state index is -0.0657. The first-order valence-electron chi connectivity index (χ1n) is 7.69. The largest absolute Gasteiger partial charge is 0.322 e. The van der Waals surface area contributed by atoms with Crippen molar-refractivity contribution in [3.05, 3.63) is 72.3 Å². The van der Waals surface area contributed by atoms with E-state index < -0.39 is 0 Å². The normalized spacial score (nSPS) is 10.9. The van der Waals surface area contributed by atoms with E-state index in [2.05, 4.69) is 25.2 Å². The zero-order chi connectivity index (χ0) is 16.2. The number of carbonyl (C=O) groups is 1. The maximum Gasteiger partial charge on any atom is 0.256 e. The zero-order valence-corrected chi connectivity index (χ0v) is 14.1. The van der Waals surface area contributed by atoms with Gasteiger partial charge in [0.05, 0.1) is 5.56 Å². The van der Waals surface area contributed by atoms with Gasteiger partial charge in [0, 0.05) is 15.8 Å². The molecule has 0 spiro atoms. The molecule has 0 fully saturated rings. The van der Waals surface area contributed by atoms with Crippen LogP contribution in [0.2, 0.25) is 0 Å². The molecular weight excluding hydrogens is 302 g/mol. The Morgan fingerprint density at radius 2 is 1.61 bits per heavy atom. The van der Waals surface area contributed by atoms with E-state index in [1.165, 1.54) is 5.39 Å². The highest BCUT2D eigenvalue weighted by atomic mass is 32.2. The molecule has 2 nitrogen and oxygen atoms in total. The predicted molar refractivity (Wildman–Crippen MR) is 99.3 cm³/mol. The molecule has 3 aromatic rings. The molecule has 0 bridgehead atoms. The van der Waals surface area contributed by atoms with Gasteiger partial charge in [-0.15, -0.1) is 11.8 Å². The Hall–Kier alpha value is -2.26. The van der Waals surface area contributed by atoms with Crippen LogP contribution in [0.4, 0.5) is 5.69 Å². The van der Waals surface area contributed by atoms with Crippen LogP contribution < -0.4 is 5.32 Å². The molecule has 23 heavy (non-hydrogen) atoms. The van der Waals surface area contributed by atoms with Crippen LogP contribution in [0.1, 0.15) is 24.2 Å². The Morgan fingerprint density at radius 1 is 0.913 bits per heavy atom. The fourth-order valence-corrected chi connectivity index (χ4v) is 3.43. The summed E-state index contributed by atoms with van der Waals surface area (Å²) in [7, 11) is 0. The first-order chi connectivity index (χ1) is 11.1. The molecular formula is C20H19NOS. The molecule has 0 aliphatic rings. The van der Waals surface area contributed by atoms with Gasteiger partial charge in [0.25, 0.3) is 5.91 Å². The highest BCUT2D eigenvalue weighted by Gasteiger charge is 2.12. The lowest BCUT2D eigenvalue weighted by atomic mass is 10.1. The second-order valence-corrected chi connectivity index (χ2v) is 7.30. The van der Waals surface area contributed by atoms with Crippen LogP contribution in [-0.2, 0) is 0 Å². The lowest BCUT2D eigenvalue weighted by molar-refractivity contribution is 0.102. The van der Waals surface area contributed by atoms with Gasteiger partial charge in [0.2, 0.25) is 0 Å². The van der Waals surface area contributed by atoms with Crippen LogP contribution >= 0.6 is 11.8 Å². The number of fused-ring (bicyclic) bond motifs is 1. The predicted octanol–water partition coefficient (Wildman–Crippen LogP) is 5.59. The Labute approximate surface area is 140 Å². The van der Waals surface area contributed by atoms with Gasteiger partial charge in [-0.3, -0.25) is 4.79 Å². The third kappa shape index (κ3) is 3.74. The van der Waals surface area contributed by atoms with Crippen molar-refractivity contribution in [3.63, 3.8) is 0 Å². The van der Waals surface area contributed by atoms with Crippen molar-refractivity contribution in [1.82, 2.24) is 0 Å². The van der Waals surface area contributed by atoms with Gasteiger partial charge in [0.1, 0.15) is 0 Å². The molecule has 3 heteroatoms. The number of benzene rings is 3. The standard InChI is InChI=1S/C20H19NOS/c1-14(2)23-19-10-6-5-9-18(19)20(22)21-17-12-11-15-7-3-4-8-16(15)13-17/h3-14H,1-2H3,(H,21,22). The van der Waals surface area contributed by atoms with Crippen LogP contribution in [0.15, 0.2) is 71.6 Å². The number of thioether (sulfide) groups is 1. The number of hydrogen-bond acceptors (Lipinski definition) is 2. The van der Waals surface area contributed by atoms with E-state index in [1.54, 1.807) is 11.8 Å². The molecule has 0 unspecified atom stereocenters. The van der Waals surface area contributed by atoms with E-state index in [1.807, 2.05) is 60.7 Å². The third-order valence-electron chi connectivity index (χ3n) is 3.50. The summed E-state index contributed by atoms with van der Waals surface area (Å²) in [6, 6.07) is 21.9. The van der Waals surface area contributed by atoms with Gasteiger partial charge in [0.15, 0.2) is 0 Å². The summed E-state index contributed by atoms with van der Waals surface area (Å²) in [4.78, 5) is 13.6. The Balaban J connectivity index is 1.86. The monoisotopic (exact) mass is 321 g/mol. The van der Waals surface area contributed by atoms with Crippen LogP contribution in [0, 0.1) is 0 Å². The second kappa shape index (κ2) is 6.88. The van der Waals surface area contributed by atoms with Crippen molar-refractivity contribution in [2.45, 2.75) is 24.0 Å². The summed E-state index contributed by atoms with van der Waals surface area (Å²) < 4.78 is 0. The molecule has 3 aromatic carbocycles. The van der Waals surface area contributed by atoms with Crippen molar-refractivity contribution >= 4 is 34.1 Å². The molecule has 0 heterocycles. The number of rotatable bonds is 4. The summed E-state index contributed by atoms with van der Waals surface area (Å²) in [5.74, 6) is -0.0657. The van der Waals surface area contributed by atoms with E-state index in [0.717, 1.165) is 21.5 Å². The summed E-state index contributed by atoms with van der Waals surface area (Å²) in [5.41, 5.74) is 1.54. The molecule has 1 amide bonds. The van der Waals surface area contributed by atoms with Gasteiger partial charge < -0.3 is 5.32 Å². The van der Waals surface area contributed by atoms with Crippen molar-refractivity contribution < 1.29 is 4.79 Å². The average Bonchev–Trinajstić information content (AvgIpc) is 2.54. The minimum absolute atomic E-state index is 0.0657. The van der Waals surface area contributed by atoms with Gasteiger partial charge in [-0.05, 0) is 35.0 Å². The zero-order valence-electron chi connectivity index (χ0n) is 13.2. The minimum Gasteiger partial charge on any atom is -0.322 e. The molecule has 0 radical (unpaired) electrons. The second-order valence-electron chi connectivity index (χ2n) is 5.68. The van der Waals surface area contributed by atoms with Gasteiger partial charge in [-0.25, -0.2) is 0 Å². The Kier molecular flexibility index (Phi) is 4.68. The van der Waals surface area contributed by atoms with Gasteiger partial charge in [-0.2, -0.15) is 0 Å². The lowest BCUT2D eigenvalue weighted by Gasteiger charge is -2.12. The van der Waals surface area contributed by atoms with Crippen LogP contribution in [-0.4, -0.2) is 11.2 Å². The molecule has 0 saturated carbocycles. The highest BCUT2D eigenvalue weighted by Crippen LogP contribution is 2.27. The summed E-state index contributed by atoms with van der Waals surface area (Å²) in [6.07, 6.45) is 0. The molecule has 0 aliphatic carbocycles. The number of hydrogen-bond donors (Lipinski definition) is 1. The molecule has 0 aliphatic heterocycles. The number of nitrogens with one attached hydrogen (secondary N) is 1. The number of anilines is 1. The quantitative estimate of drug-likeness (QED) is 0.634. The molecule has 0 atom stereocenters. The summed E-state index contributed by atoms with van der Waals surface area (Å²) >= 11 is 1.71. The Bertz CT molecular complexity index is 842. The van der Waals surface area contributed by atoms with E-state index in [9.17, 15) is 4.79 Å². The van der Waals surface area contributed by atoms with Crippen molar-refractivity contribution in [1.29, 1.82) is 0 Å². The highest BCUT2D eigenvalue weighted by molar-refractivity contribution is 8.00. The first-order valence-corrected chi connectivity index (χ1v) is 8.57. The fraction of sp³-hybridized carbons (Fsp3) is 0.150. The van der Waals surface area contributed by atoms with Gasteiger partial charge in [-0.1, -0.05) is 56.3 Å². The average molecular weight is 321 g/mol. The van der Waals surface area contributed by atoms with E-state index in [-0.39, 0.29) is 5.91 Å². The van der Waals surface area contributed by atoms with E-state index in [0.29, 0.717) is 5.25 Å². The summed E-state index contributed by atoms with van der Waals surface area (Å²) in [5, 5.41) is 5.73. The topological polar surface area (TPSA) is 29.1 Å². The third-order valence-corrected chi connectivity index (χ3v) is 4.58. The number of amides is 1. The van der Waals surface area contributed by atoms with Crippen LogP contribution in [0.3, 0.4) is 0 Å². The Morgan fingerprint density at radius 3 is 2.39 bits per heavy atom. The van der Waals surface area contributed by atoms with E-state index >= 15 is 0 Å². The molecule has 116 valence electrons. The lowest BCUT2D eigenvalue weighted by Crippen LogP contribution is -2.13.